The van der Waals surface area contributed by atoms with Crippen molar-refractivity contribution in [2.24, 2.45) is 0 Å². The van der Waals surface area contributed by atoms with Crippen molar-refractivity contribution in [1.82, 2.24) is 10.2 Å². The van der Waals surface area contributed by atoms with Gasteiger partial charge in [0.1, 0.15) is 0 Å². The lowest BCUT2D eigenvalue weighted by Crippen LogP contribution is -2.32. The first-order chi connectivity index (χ1) is 9.20. The number of hydrogen-bond donors (Lipinski definition) is 1. The molecule has 0 saturated carbocycles. The van der Waals surface area contributed by atoms with E-state index in [0.29, 0.717) is 6.04 Å². The van der Waals surface area contributed by atoms with Crippen LogP contribution < -0.4 is 5.32 Å². The van der Waals surface area contributed by atoms with Gasteiger partial charge in [0, 0.05) is 6.04 Å². The third-order valence-corrected chi connectivity index (χ3v) is 3.92. The normalized spacial score (nSPS) is 20.3. The molecular weight excluding hydrogens is 236 g/mol. The van der Waals surface area contributed by atoms with Crippen LogP contribution in [0, 0.1) is 0 Å². The second-order valence-corrected chi connectivity index (χ2v) is 5.62. The number of benzene rings is 1. The molecule has 0 spiro atoms. The van der Waals surface area contributed by atoms with E-state index in [1.165, 1.54) is 11.1 Å². The molecule has 0 fully saturated rings. The summed E-state index contributed by atoms with van der Waals surface area (Å²) in [6.45, 7) is 1.96. The Morgan fingerprint density at radius 1 is 1.37 bits per heavy atom. The Kier molecular flexibility index (Phi) is 5.37. The summed E-state index contributed by atoms with van der Waals surface area (Å²) in [4.78, 5) is 2.24. The topological polar surface area (TPSA) is 24.5 Å². The number of hydrogen-bond acceptors (Lipinski definition) is 3. The third-order valence-electron chi connectivity index (χ3n) is 3.92. The third kappa shape index (κ3) is 4.03. The molecule has 0 saturated heterocycles. The van der Waals surface area contributed by atoms with E-state index in [-0.39, 0.29) is 6.10 Å². The summed E-state index contributed by atoms with van der Waals surface area (Å²) in [5, 5.41) is 3.43. The van der Waals surface area contributed by atoms with Crippen molar-refractivity contribution in [2.45, 2.75) is 31.4 Å². The fourth-order valence-corrected chi connectivity index (χ4v) is 2.72. The molecule has 0 aromatic heterocycles. The van der Waals surface area contributed by atoms with Gasteiger partial charge in [-0.2, -0.15) is 0 Å². The van der Waals surface area contributed by atoms with Crippen molar-refractivity contribution >= 4 is 0 Å². The molecule has 1 aliphatic rings. The highest BCUT2D eigenvalue weighted by Crippen LogP contribution is 2.30. The van der Waals surface area contributed by atoms with Crippen LogP contribution >= 0.6 is 0 Å². The Labute approximate surface area is 116 Å². The highest BCUT2D eigenvalue weighted by Gasteiger charge is 2.23. The lowest BCUT2D eigenvalue weighted by molar-refractivity contribution is 0.0289. The summed E-state index contributed by atoms with van der Waals surface area (Å²) in [6, 6.07) is 9.22. The van der Waals surface area contributed by atoms with E-state index in [0.717, 1.165) is 32.4 Å². The van der Waals surface area contributed by atoms with Crippen molar-refractivity contribution in [3.05, 3.63) is 35.4 Å². The van der Waals surface area contributed by atoms with Crippen LogP contribution in [-0.4, -0.2) is 45.2 Å². The first-order valence-corrected chi connectivity index (χ1v) is 7.22. The second-order valence-electron chi connectivity index (χ2n) is 5.62. The Balaban J connectivity index is 1.98. The average molecular weight is 262 g/mol. The van der Waals surface area contributed by atoms with Crippen LogP contribution in [0.15, 0.2) is 24.3 Å². The van der Waals surface area contributed by atoms with Gasteiger partial charge in [-0.25, -0.2) is 0 Å². The van der Waals surface area contributed by atoms with E-state index < -0.39 is 0 Å². The van der Waals surface area contributed by atoms with Crippen molar-refractivity contribution in [1.29, 1.82) is 0 Å². The smallest absolute Gasteiger partial charge is 0.0842 e. The first-order valence-electron chi connectivity index (χ1n) is 7.22. The Bertz CT molecular complexity index is 392. The summed E-state index contributed by atoms with van der Waals surface area (Å²) in [5.41, 5.74) is 2.85. The second kappa shape index (κ2) is 7.04. The first kappa shape index (κ1) is 14.5. The van der Waals surface area contributed by atoms with Crippen LogP contribution in [0.1, 0.15) is 30.1 Å². The van der Waals surface area contributed by atoms with E-state index in [9.17, 15) is 0 Å². The van der Waals surface area contributed by atoms with Gasteiger partial charge >= 0.3 is 0 Å². The summed E-state index contributed by atoms with van der Waals surface area (Å²) in [6.07, 6.45) is 3.52. The summed E-state index contributed by atoms with van der Waals surface area (Å²) in [7, 11) is 6.30. The van der Waals surface area contributed by atoms with Crippen LogP contribution in [-0.2, 0) is 11.2 Å². The van der Waals surface area contributed by atoms with Gasteiger partial charge in [0.2, 0.25) is 0 Å². The molecule has 1 aromatic carbocycles. The highest BCUT2D eigenvalue weighted by molar-refractivity contribution is 5.31. The van der Waals surface area contributed by atoms with Crippen molar-refractivity contribution < 1.29 is 4.74 Å². The van der Waals surface area contributed by atoms with Crippen LogP contribution in [0.4, 0.5) is 0 Å². The van der Waals surface area contributed by atoms with Crippen LogP contribution in [0.5, 0.6) is 0 Å². The summed E-state index contributed by atoms with van der Waals surface area (Å²) < 4.78 is 5.99. The average Bonchev–Trinajstić information content (AvgIpc) is 2.43. The lowest BCUT2D eigenvalue weighted by Gasteiger charge is -2.29. The van der Waals surface area contributed by atoms with Crippen LogP contribution in [0.2, 0.25) is 0 Å². The maximum Gasteiger partial charge on any atom is 0.0842 e. The molecule has 3 nitrogen and oxygen atoms in total. The quantitative estimate of drug-likeness (QED) is 0.851. The number of rotatable bonds is 6. The van der Waals surface area contributed by atoms with Gasteiger partial charge < -0.3 is 15.0 Å². The van der Waals surface area contributed by atoms with Gasteiger partial charge in [-0.3, -0.25) is 0 Å². The minimum atomic E-state index is 0.254. The molecule has 0 bridgehead atoms. The zero-order valence-electron chi connectivity index (χ0n) is 12.4. The molecule has 1 heterocycles. The molecule has 0 aliphatic carbocycles. The minimum absolute atomic E-state index is 0.254. The van der Waals surface area contributed by atoms with Gasteiger partial charge in [0.05, 0.1) is 12.7 Å². The Morgan fingerprint density at radius 2 is 2.16 bits per heavy atom. The zero-order valence-corrected chi connectivity index (χ0v) is 12.4. The van der Waals surface area contributed by atoms with E-state index in [2.05, 4.69) is 55.6 Å². The van der Waals surface area contributed by atoms with E-state index in [1.807, 2.05) is 0 Å². The standard InChI is InChI=1S/C16H26N2O/c1-17-14(8-10-18(2)3)12-16-15-7-5-4-6-13(15)9-11-19-16/h4-7,14,16-17H,8-12H2,1-3H3. The fourth-order valence-electron chi connectivity index (χ4n) is 2.72. The molecule has 106 valence electrons. The van der Waals surface area contributed by atoms with Gasteiger partial charge in [0.15, 0.2) is 0 Å². The van der Waals surface area contributed by atoms with Gasteiger partial charge in [-0.15, -0.1) is 0 Å². The van der Waals surface area contributed by atoms with Gasteiger partial charge in [-0.1, -0.05) is 24.3 Å². The van der Waals surface area contributed by atoms with Gasteiger partial charge in [0.25, 0.3) is 0 Å². The minimum Gasteiger partial charge on any atom is -0.373 e. The number of ether oxygens (including phenoxy) is 1. The zero-order chi connectivity index (χ0) is 13.7. The fraction of sp³-hybridized carbons (Fsp3) is 0.625. The monoisotopic (exact) mass is 262 g/mol. The largest absolute Gasteiger partial charge is 0.373 e. The number of nitrogens with zero attached hydrogens (tertiary/aromatic N) is 1. The molecule has 1 aromatic rings. The SMILES string of the molecule is CNC(CCN(C)C)CC1OCCc2ccccc21. The van der Waals surface area contributed by atoms with Crippen molar-refractivity contribution in [3.8, 4) is 0 Å². The Hall–Kier alpha value is -0.900. The molecule has 0 radical (unpaired) electrons. The molecule has 19 heavy (non-hydrogen) atoms. The number of fused-ring (bicyclic) bond motifs is 1. The van der Waals surface area contributed by atoms with Crippen LogP contribution in [0.3, 0.4) is 0 Å². The van der Waals surface area contributed by atoms with Crippen molar-refractivity contribution in [2.75, 3.05) is 34.3 Å². The summed E-state index contributed by atoms with van der Waals surface area (Å²) in [5.74, 6) is 0. The maximum absolute atomic E-state index is 5.99. The van der Waals surface area contributed by atoms with E-state index in [4.69, 9.17) is 4.74 Å². The molecule has 1 aliphatic heterocycles. The van der Waals surface area contributed by atoms with Gasteiger partial charge in [-0.05, 0) is 58.1 Å². The molecule has 2 rings (SSSR count). The van der Waals surface area contributed by atoms with Crippen LogP contribution in [0.25, 0.3) is 0 Å². The number of nitrogens with one attached hydrogen (secondary N) is 1. The predicted molar refractivity (Wildman–Crippen MR) is 79.5 cm³/mol. The predicted octanol–water partition coefficient (Wildman–Crippen LogP) is 2.23. The molecule has 3 heteroatoms. The molecule has 1 N–H and O–H groups in total. The highest BCUT2D eigenvalue weighted by atomic mass is 16.5. The molecule has 2 unspecified atom stereocenters. The molecular formula is C16H26N2O. The summed E-state index contributed by atoms with van der Waals surface area (Å²) >= 11 is 0. The van der Waals surface area contributed by atoms with E-state index in [1.54, 1.807) is 0 Å². The lowest BCUT2D eigenvalue weighted by atomic mass is 9.93. The molecule has 0 amide bonds. The Morgan fingerprint density at radius 3 is 2.89 bits per heavy atom. The maximum atomic E-state index is 5.99. The van der Waals surface area contributed by atoms with Crippen molar-refractivity contribution in [3.63, 3.8) is 0 Å². The van der Waals surface area contributed by atoms with E-state index >= 15 is 0 Å². The molecule has 2 atom stereocenters.